The Morgan fingerprint density at radius 1 is 0.971 bits per heavy atom. The van der Waals surface area contributed by atoms with Crippen molar-refractivity contribution in [3.05, 3.63) is 105 Å². The van der Waals surface area contributed by atoms with Crippen molar-refractivity contribution < 1.29 is 9.15 Å². The molecule has 0 saturated carbocycles. The van der Waals surface area contributed by atoms with Crippen LogP contribution in [-0.2, 0) is 7.05 Å². The third kappa shape index (κ3) is 3.82. The summed E-state index contributed by atoms with van der Waals surface area (Å²) in [4.78, 5) is 18.3. The molecule has 6 nitrogen and oxygen atoms in total. The highest BCUT2D eigenvalue weighted by Crippen LogP contribution is 2.26. The van der Waals surface area contributed by atoms with Gasteiger partial charge in [-0.3, -0.25) is 9.48 Å². The Balaban J connectivity index is 1.77. The average molecular weight is 472 g/mol. The minimum atomic E-state index is -0.201. The number of aromatic nitrogens is 2. The lowest BCUT2D eigenvalue weighted by atomic mass is 10.1. The van der Waals surface area contributed by atoms with E-state index in [0.717, 1.165) is 28.1 Å². The molecule has 0 amide bonds. The summed E-state index contributed by atoms with van der Waals surface area (Å²) in [5.41, 5.74) is 3.16. The van der Waals surface area contributed by atoms with Crippen molar-refractivity contribution in [2.45, 2.75) is 6.92 Å². The summed E-state index contributed by atoms with van der Waals surface area (Å²) >= 11 is 6.29. The molecule has 0 spiro atoms. The SMILES string of the molecule is COc1ccc(-c2cc(=Nc3c(C)n(C)n(-c4ccccc4)c3=O)c3cc(Cl)ccc3o2)cc1. The van der Waals surface area contributed by atoms with E-state index in [2.05, 4.69) is 0 Å². The number of para-hydroxylation sites is 1. The average Bonchev–Trinajstić information content (AvgIpc) is 3.07. The molecule has 2 heterocycles. The number of hydrogen-bond donors (Lipinski definition) is 0. The van der Waals surface area contributed by atoms with Gasteiger partial charge in [0.25, 0.3) is 5.56 Å². The number of benzene rings is 3. The first kappa shape index (κ1) is 21.8. The van der Waals surface area contributed by atoms with Crippen molar-refractivity contribution in [1.82, 2.24) is 9.36 Å². The van der Waals surface area contributed by atoms with Crippen LogP contribution in [-0.4, -0.2) is 16.5 Å². The van der Waals surface area contributed by atoms with Crippen molar-refractivity contribution in [3.63, 3.8) is 0 Å². The summed E-state index contributed by atoms with van der Waals surface area (Å²) < 4.78 is 14.9. The van der Waals surface area contributed by atoms with E-state index in [9.17, 15) is 4.79 Å². The molecule has 0 fully saturated rings. The van der Waals surface area contributed by atoms with E-state index >= 15 is 0 Å². The lowest BCUT2D eigenvalue weighted by molar-refractivity contribution is 0.415. The Hall–Kier alpha value is -4.03. The fourth-order valence-corrected chi connectivity index (χ4v) is 4.11. The smallest absolute Gasteiger partial charge is 0.297 e. The Bertz CT molecular complexity index is 1630. The maximum Gasteiger partial charge on any atom is 0.297 e. The summed E-state index contributed by atoms with van der Waals surface area (Å²) in [6, 6.07) is 24.3. The zero-order valence-corrected chi connectivity index (χ0v) is 19.7. The quantitative estimate of drug-likeness (QED) is 0.333. The summed E-state index contributed by atoms with van der Waals surface area (Å²) in [6.07, 6.45) is 0. The second kappa shape index (κ2) is 8.72. The lowest BCUT2D eigenvalue weighted by Gasteiger charge is -2.07. The van der Waals surface area contributed by atoms with E-state index in [1.165, 1.54) is 0 Å². The lowest BCUT2D eigenvalue weighted by Crippen LogP contribution is -2.19. The molecule has 0 bridgehead atoms. The van der Waals surface area contributed by atoms with Crippen molar-refractivity contribution in [1.29, 1.82) is 0 Å². The van der Waals surface area contributed by atoms with Gasteiger partial charge in [-0.2, -0.15) is 0 Å². The van der Waals surface area contributed by atoms with Crippen LogP contribution in [0.3, 0.4) is 0 Å². The Morgan fingerprint density at radius 3 is 2.41 bits per heavy atom. The molecule has 0 atom stereocenters. The van der Waals surface area contributed by atoms with Gasteiger partial charge in [0.05, 0.1) is 23.8 Å². The zero-order valence-electron chi connectivity index (χ0n) is 18.9. The van der Waals surface area contributed by atoms with E-state index in [4.69, 9.17) is 25.7 Å². The summed E-state index contributed by atoms with van der Waals surface area (Å²) in [5.74, 6) is 1.37. The highest BCUT2D eigenvalue weighted by Gasteiger charge is 2.16. The molecule has 0 aliphatic heterocycles. The largest absolute Gasteiger partial charge is 0.497 e. The van der Waals surface area contributed by atoms with Crippen LogP contribution in [0, 0.1) is 6.92 Å². The minimum absolute atomic E-state index is 0.201. The van der Waals surface area contributed by atoms with Gasteiger partial charge < -0.3 is 9.15 Å². The molecule has 0 aliphatic carbocycles. The molecule has 0 saturated heterocycles. The van der Waals surface area contributed by atoms with Gasteiger partial charge >= 0.3 is 0 Å². The number of nitrogens with zero attached hydrogens (tertiary/aromatic N) is 3. The number of hydrogen-bond acceptors (Lipinski definition) is 4. The van der Waals surface area contributed by atoms with E-state index in [-0.39, 0.29) is 5.56 Å². The Kier molecular flexibility index (Phi) is 5.59. The second-order valence-electron chi connectivity index (χ2n) is 7.89. The number of methoxy groups -OCH3 is 1. The van der Waals surface area contributed by atoms with Gasteiger partial charge in [-0.05, 0) is 61.5 Å². The van der Waals surface area contributed by atoms with Gasteiger partial charge in [0.15, 0.2) is 5.69 Å². The predicted octanol–water partition coefficient (Wildman–Crippen LogP) is 5.79. The second-order valence-corrected chi connectivity index (χ2v) is 8.32. The normalized spacial score (nSPS) is 11.8. The first-order chi connectivity index (χ1) is 16.5. The molecule has 3 aromatic carbocycles. The standard InChI is InChI=1S/C27H22ClN3O3/c1-17-26(27(32)31(30(17)2)20-7-5-4-6-8-20)29-23-16-25(18-9-12-21(33-3)13-10-18)34-24-14-11-19(28)15-22(23)24/h4-16H,1-3H3. The molecule has 0 radical (unpaired) electrons. The molecular formula is C27H22ClN3O3. The zero-order chi connectivity index (χ0) is 23.8. The van der Waals surface area contributed by atoms with Crippen molar-refractivity contribution in [3.8, 4) is 22.8 Å². The van der Waals surface area contributed by atoms with Crippen molar-refractivity contribution >= 4 is 28.3 Å². The molecule has 5 aromatic rings. The third-order valence-electron chi connectivity index (χ3n) is 5.84. The van der Waals surface area contributed by atoms with E-state index < -0.39 is 0 Å². The molecular weight excluding hydrogens is 450 g/mol. The predicted molar refractivity (Wildman–Crippen MR) is 134 cm³/mol. The fraction of sp³-hybridized carbons (Fsp3) is 0.111. The van der Waals surface area contributed by atoms with Crippen LogP contribution in [0.4, 0.5) is 5.69 Å². The Morgan fingerprint density at radius 2 is 1.71 bits per heavy atom. The maximum absolute atomic E-state index is 13.4. The number of fused-ring (bicyclic) bond motifs is 1. The first-order valence-electron chi connectivity index (χ1n) is 10.7. The van der Waals surface area contributed by atoms with Gasteiger partial charge in [0.2, 0.25) is 0 Å². The van der Waals surface area contributed by atoms with Gasteiger partial charge in [-0.15, -0.1) is 0 Å². The van der Waals surface area contributed by atoms with Crippen LogP contribution in [0.25, 0.3) is 28.0 Å². The maximum atomic E-state index is 13.4. The van der Waals surface area contributed by atoms with Gasteiger partial charge in [0, 0.05) is 29.1 Å². The highest BCUT2D eigenvalue weighted by atomic mass is 35.5. The van der Waals surface area contributed by atoms with Crippen LogP contribution < -0.4 is 15.7 Å². The van der Waals surface area contributed by atoms with Gasteiger partial charge in [-0.25, -0.2) is 9.67 Å². The number of halogens is 1. The molecule has 5 rings (SSSR count). The van der Waals surface area contributed by atoms with Crippen LogP contribution >= 0.6 is 11.6 Å². The van der Waals surface area contributed by atoms with E-state index in [1.807, 2.05) is 85.4 Å². The molecule has 0 N–H and O–H groups in total. The topological polar surface area (TPSA) is 61.7 Å². The fourth-order valence-electron chi connectivity index (χ4n) is 3.93. The van der Waals surface area contributed by atoms with Crippen molar-refractivity contribution in [2.75, 3.05) is 7.11 Å². The minimum Gasteiger partial charge on any atom is -0.497 e. The first-order valence-corrected chi connectivity index (χ1v) is 11.1. The van der Waals surface area contributed by atoms with E-state index in [1.54, 1.807) is 23.9 Å². The molecule has 7 heteroatoms. The molecule has 0 unspecified atom stereocenters. The van der Waals surface area contributed by atoms with Crippen molar-refractivity contribution in [2.24, 2.45) is 12.0 Å². The van der Waals surface area contributed by atoms with Crippen LogP contribution in [0.15, 0.2) is 93.1 Å². The molecule has 0 aliphatic rings. The van der Waals surface area contributed by atoms with Gasteiger partial charge in [-0.1, -0.05) is 29.8 Å². The highest BCUT2D eigenvalue weighted by molar-refractivity contribution is 6.31. The summed E-state index contributed by atoms with van der Waals surface area (Å²) in [5, 5.41) is 1.88. The third-order valence-corrected chi connectivity index (χ3v) is 6.07. The molecule has 2 aromatic heterocycles. The van der Waals surface area contributed by atoms with Crippen LogP contribution in [0.5, 0.6) is 5.75 Å². The van der Waals surface area contributed by atoms with Gasteiger partial charge in [0.1, 0.15) is 17.1 Å². The van der Waals surface area contributed by atoms with Crippen LogP contribution in [0.1, 0.15) is 5.69 Å². The summed E-state index contributed by atoms with van der Waals surface area (Å²) in [7, 11) is 3.47. The molecule has 34 heavy (non-hydrogen) atoms. The summed E-state index contributed by atoms with van der Waals surface area (Å²) in [6.45, 7) is 1.88. The van der Waals surface area contributed by atoms with E-state index in [0.29, 0.717) is 27.4 Å². The number of ether oxygens (including phenoxy) is 1. The molecule has 170 valence electrons. The monoisotopic (exact) mass is 471 g/mol. The van der Waals surface area contributed by atoms with Crippen LogP contribution in [0.2, 0.25) is 5.02 Å². The number of rotatable bonds is 4. The Labute approximate surface area is 200 Å².